The summed E-state index contributed by atoms with van der Waals surface area (Å²) < 4.78 is 40.2. The number of carbonyl (C=O) groups is 3. The van der Waals surface area contributed by atoms with E-state index in [1.165, 1.54) is 12.1 Å². The predicted molar refractivity (Wildman–Crippen MR) is 182 cm³/mol. The van der Waals surface area contributed by atoms with Crippen molar-refractivity contribution in [3.8, 4) is 5.69 Å². The second-order valence-electron chi connectivity index (χ2n) is 14.2. The Morgan fingerprint density at radius 1 is 0.837 bits per heavy atom. The number of piperidine rings is 1. The Morgan fingerprint density at radius 3 is 2.08 bits per heavy atom. The van der Waals surface area contributed by atoms with E-state index in [-0.39, 0.29) is 35.0 Å². The van der Waals surface area contributed by atoms with Crippen LogP contribution >= 0.6 is 0 Å². The highest BCUT2D eigenvalue weighted by atomic mass is 19.4. The van der Waals surface area contributed by atoms with Gasteiger partial charge in [0.2, 0.25) is 0 Å². The van der Waals surface area contributed by atoms with Gasteiger partial charge in [-0.15, -0.1) is 0 Å². The molecule has 2 bridgehead atoms. The van der Waals surface area contributed by atoms with Gasteiger partial charge in [0.05, 0.1) is 11.4 Å². The minimum atomic E-state index is -4.96. The minimum absolute atomic E-state index is 0.0381. The van der Waals surface area contributed by atoms with Gasteiger partial charge >= 0.3 is 12.2 Å². The molecule has 4 aromatic rings. The monoisotopic (exact) mass is 671 g/mol. The summed E-state index contributed by atoms with van der Waals surface area (Å²) in [5.41, 5.74) is 4.14. The van der Waals surface area contributed by atoms with Gasteiger partial charge in [-0.05, 0) is 86.9 Å². The molecule has 8 nitrogen and oxygen atoms in total. The zero-order valence-corrected chi connectivity index (χ0v) is 28.0. The van der Waals surface area contributed by atoms with Crippen LogP contribution in [-0.2, 0) is 11.8 Å². The van der Waals surface area contributed by atoms with Crippen molar-refractivity contribution in [1.29, 1.82) is 0 Å². The Kier molecular flexibility index (Phi) is 9.13. The van der Waals surface area contributed by atoms with Gasteiger partial charge in [-0.3, -0.25) is 14.9 Å². The van der Waals surface area contributed by atoms with E-state index in [9.17, 15) is 27.6 Å². The first-order chi connectivity index (χ1) is 23.2. The first-order valence-corrected chi connectivity index (χ1v) is 16.5. The summed E-state index contributed by atoms with van der Waals surface area (Å²) in [7, 11) is 0. The summed E-state index contributed by atoms with van der Waals surface area (Å²) in [5.74, 6) is -1.25. The third-order valence-electron chi connectivity index (χ3n) is 9.42. The van der Waals surface area contributed by atoms with Crippen LogP contribution in [-0.4, -0.2) is 50.7 Å². The second-order valence-corrected chi connectivity index (χ2v) is 14.2. The first-order valence-electron chi connectivity index (χ1n) is 16.5. The van der Waals surface area contributed by atoms with Crippen LogP contribution in [0.1, 0.15) is 84.0 Å². The number of alkyl halides is 3. The molecule has 2 unspecified atom stereocenters. The molecule has 49 heavy (non-hydrogen) atoms. The van der Waals surface area contributed by atoms with Crippen molar-refractivity contribution in [2.24, 2.45) is 5.92 Å². The van der Waals surface area contributed by atoms with Gasteiger partial charge in [0.15, 0.2) is 0 Å². The third kappa shape index (κ3) is 7.55. The number of fused-ring (bicyclic) bond motifs is 2. The lowest BCUT2D eigenvalue weighted by atomic mass is 9.85. The number of nitrogens with one attached hydrogen (secondary N) is 2. The zero-order chi connectivity index (χ0) is 35.1. The van der Waals surface area contributed by atoms with Crippen molar-refractivity contribution < 1.29 is 27.6 Å². The maximum Gasteiger partial charge on any atom is 0.454 e. The highest BCUT2D eigenvalue weighted by molar-refractivity contribution is 6.02. The molecular formula is C38H40F3N5O3. The number of amides is 3. The summed E-state index contributed by atoms with van der Waals surface area (Å²) in [6.45, 7) is 8.24. The third-order valence-corrected chi connectivity index (χ3v) is 9.42. The van der Waals surface area contributed by atoms with Crippen LogP contribution in [0.2, 0.25) is 0 Å². The van der Waals surface area contributed by atoms with Gasteiger partial charge in [-0.2, -0.15) is 18.3 Å². The number of rotatable bonds is 7. The number of anilines is 2. The van der Waals surface area contributed by atoms with E-state index in [1.54, 1.807) is 4.68 Å². The Labute approximate surface area is 283 Å². The van der Waals surface area contributed by atoms with Crippen molar-refractivity contribution in [2.45, 2.75) is 83.5 Å². The molecule has 3 heterocycles. The molecule has 3 amide bonds. The Bertz CT molecular complexity index is 1850. The predicted octanol–water partition coefficient (Wildman–Crippen LogP) is 8.49. The summed E-state index contributed by atoms with van der Waals surface area (Å²) in [4.78, 5) is 40.1. The summed E-state index contributed by atoms with van der Waals surface area (Å²) in [6, 6.07) is 22.1. The number of urea groups is 1. The molecule has 2 fully saturated rings. The molecule has 2 aliphatic rings. The van der Waals surface area contributed by atoms with E-state index in [0.29, 0.717) is 17.4 Å². The Balaban J connectivity index is 1.08. The largest absolute Gasteiger partial charge is 0.454 e. The maximum absolute atomic E-state index is 13.4. The van der Waals surface area contributed by atoms with Crippen LogP contribution in [0.4, 0.5) is 29.5 Å². The van der Waals surface area contributed by atoms with Crippen molar-refractivity contribution in [1.82, 2.24) is 14.7 Å². The molecule has 0 radical (unpaired) electrons. The van der Waals surface area contributed by atoms with Crippen molar-refractivity contribution >= 4 is 29.2 Å². The molecule has 0 spiro atoms. The van der Waals surface area contributed by atoms with Crippen LogP contribution in [0.25, 0.3) is 5.69 Å². The van der Waals surface area contributed by atoms with Crippen LogP contribution in [0.3, 0.4) is 0 Å². The summed E-state index contributed by atoms with van der Waals surface area (Å²) >= 11 is 0. The Morgan fingerprint density at radius 2 is 1.47 bits per heavy atom. The van der Waals surface area contributed by atoms with Gasteiger partial charge in [-0.25, -0.2) is 9.48 Å². The molecule has 0 saturated carbocycles. The quantitative estimate of drug-likeness (QED) is 0.193. The fourth-order valence-corrected chi connectivity index (χ4v) is 6.97. The molecule has 2 N–H and O–H groups in total. The lowest BCUT2D eigenvalue weighted by Gasteiger charge is -2.39. The highest BCUT2D eigenvalue weighted by Gasteiger charge is 2.44. The maximum atomic E-state index is 13.4. The second kappa shape index (κ2) is 13.2. The van der Waals surface area contributed by atoms with Crippen LogP contribution in [0, 0.1) is 12.8 Å². The topological polar surface area (TPSA) is 96.3 Å². The lowest BCUT2D eigenvalue weighted by molar-refractivity contribution is -0.0885. The Hall–Kier alpha value is -4.93. The van der Waals surface area contributed by atoms with Gasteiger partial charge in [0.1, 0.15) is 5.82 Å². The molecule has 2 atom stereocenters. The summed E-state index contributed by atoms with van der Waals surface area (Å²) in [5, 5.41) is 10.7. The number of benzene rings is 3. The van der Waals surface area contributed by atoms with Gasteiger partial charge in [0.25, 0.3) is 11.7 Å². The summed E-state index contributed by atoms with van der Waals surface area (Å²) in [6.07, 6.45) is -0.813. The number of halogens is 3. The number of hydrogen-bond acceptors (Lipinski definition) is 4. The standard InChI is InChI=1S/C38H40F3N5O3/c1-23-8-14-29(15-9-23)46-33(22-32(44-46)37(2,3)4)43-36(49)42-28-7-5-6-24(19-28)18-25-20-30-16-17-31(21-25)45(30)35(48)27-12-10-26(11-13-27)34(47)38(39,40)41/h5-15,19,22,25,30-31H,16-18,20-21H2,1-4H3,(H2,42,43,49). The first kappa shape index (κ1) is 34.0. The minimum Gasteiger partial charge on any atom is -0.333 e. The zero-order valence-electron chi connectivity index (χ0n) is 28.0. The van der Waals surface area contributed by atoms with Crippen molar-refractivity contribution in [2.75, 3.05) is 10.6 Å². The van der Waals surface area contributed by atoms with E-state index >= 15 is 0 Å². The number of aromatic nitrogens is 2. The molecule has 256 valence electrons. The van der Waals surface area contributed by atoms with E-state index in [4.69, 9.17) is 5.10 Å². The number of aryl methyl sites for hydroxylation is 1. The molecular weight excluding hydrogens is 631 g/mol. The van der Waals surface area contributed by atoms with Crippen LogP contribution in [0.5, 0.6) is 0 Å². The smallest absolute Gasteiger partial charge is 0.333 e. The van der Waals surface area contributed by atoms with Gasteiger partial charge in [0, 0.05) is 40.4 Å². The fourth-order valence-electron chi connectivity index (χ4n) is 6.97. The van der Waals surface area contributed by atoms with E-state index in [2.05, 4.69) is 31.4 Å². The van der Waals surface area contributed by atoms with Crippen LogP contribution in [0.15, 0.2) is 78.9 Å². The number of Topliss-reactive ketones (excluding diaryl/α,β-unsaturated/α-hetero) is 1. The highest BCUT2D eigenvalue weighted by Crippen LogP contribution is 2.41. The molecule has 1 aromatic heterocycles. The SMILES string of the molecule is Cc1ccc(-n2nc(C(C)(C)C)cc2NC(=O)Nc2cccc(CC3CC4CCC(C3)N4C(=O)c3ccc(C(=O)C(F)(F)F)cc3)c2)cc1. The van der Waals surface area contributed by atoms with E-state index in [1.807, 2.05) is 66.4 Å². The lowest BCUT2D eigenvalue weighted by Crippen LogP contribution is -2.46. The van der Waals surface area contributed by atoms with Crippen molar-refractivity contribution in [3.63, 3.8) is 0 Å². The van der Waals surface area contributed by atoms with E-state index < -0.39 is 17.5 Å². The number of carbonyl (C=O) groups excluding carboxylic acids is 3. The number of ketones is 1. The van der Waals surface area contributed by atoms with E-state index in [0.717, 1.165) is 66.7 Å². The fraction of sp³-hybridized carbons (Fsp3) is 0.368. The molecule has 2 aliphatic heterocycles. The van der Waals surface area contributed by atoms with Gasteiger partial charge < -0.3 is 10.2 Å². The average molecular weight is 672 g/mol. The molecule has 2 saturated heterocycles. The van der Waals surface area contributed by atoms with Crippen LogP contribution < -0.4 is 10.6 Å². The number of nitrogens with zero attached hydrogens (tertiary/aromatic N) is 3. The van der Waals surface area contributed by atoms with Crippen molar-refractivity contribution in [3.05, 3.63) is 107 Å². The molecule has 0 aliphatic carbocycles. The average Bonchev–Trinajstić information content (AvgIpc) is 3.58. The molecule has 11 heteroatoms. The number of hydrogen-bond donors (Lipinski definition) is 2. The van der Waals surface area contributed by atoms with Gasteiger partial charge in [-0.1, -0.05) is 62.7 Å². The normalized spacial score (nSPS) is 19.1. The molecule has 6 rings (SSSR count). The molecule has 3 aromatic carbocycles.